The number of hydrogen-bond acceptors (Lipinski definition) is 9. The smallest absolute Gasteiger partial charge is 0.407 e. The first-order valence-electron chi connectivity index (χ1n) is 20.3. The van der Waals surface area contributed by atoms with Crippen LogP contribution in [0.4, 0.5) is 4.79 Å². The molecule has 4 N–H and O–H groups in total. The molecule has 56 heavy (non-hydrogen) atoms. The number of hydrazine groups is 1. The molecular formula is C42H77N5O8Si. The molecule has 1 rings (SSSR count). The van der Waals surface area contributed by atoms with E-state index in [0.29, 0.717) is 43.9 Å². The fraction of sp³-hybridized carbons (Fsp3) is 0.762. The summed E-state index contributed by atoms with van der Waals surface area (Å²) >= 11 is 0. The third-order valence-corrected chi connectivity index (χ3v) is 14.7. The number of benzene rings is 1. The molecule has 0 unspecified atom stereocenters. The molecule has 0 aliphatic rings. The molecule has 13 nitrogen and oxygen atoms in total. The number of alkyl carbamates (subject to hydrolysis) is 1. The Morgan fingerprint density at radius 2 is 1.48 bits per heavy atom. The monoisotopic (exact) mass is 808 g/mol. The van der Waals surface area contributed by atoms with Crippen LogP contribution in [0.5, 0.6) is 5.75 Å². The van der Waals surface area contributed by atoms with E-state index in [-0.39, 0.29) is 53.5 Å². The Bertz CT molecular complexity index is 1360. The van der Waals surface area contributed by atoms with E-state index in [0.717, 1.165) is 12.8 Å². The number of amides is 4. The van der Waals surface area contributed by atoms with Gasteiger partial charge in [0, 0.05) is 53.2 Å². The lowest BCUT2D eigenvalue weighted by Crippen LogP contribution is -2.55. The maximum Gasteiger partial charge on any atom is 0.407 e. The number of nitrogens with one attached hydrogen (secondary N) is 4. The van der Waals surface area contributed by atoms with Gasteiger partial charge in [-0.25, -0.2) is 9.80 Å². The molecule has 0 saturated heterocycles. The normalized spacial score (nSPS) is 14.5. The van der Waals surface area contributed by atoms with Crippen LogP contribution in [0.3, 0.4) is 0 Å². The Kier molecular flexibility index (Phi) is 21.7. The number of methoxy groups -OCH3 is 1. The zero-order valence-corrected chi connectivity index (χ0v) is 38.4. The van der Waals surface area contributed by atoms with Gasteiger partial charge in [0.05, 0.1) is 24.3 Å². The molecule has 14 heteroatoms. The summed E-state index contributed by atoms with van der Waals surface area (Å²) in [5, 5.41) is 10.7. The highest BCUT2D eigenvalue weighted by molar-refractivity contribution is 6.74. The molecule has 0 radical (unpaired) electrons. The molecule has 0 aliphatic carbocycles. The molecule has 0 aliphatic heterocycles. The molecule has 0 heterocycles. The van der Waals surface area contributed by atoms with Crippen molar-refractivity contribution in [3.8, 4) is 5.75 Å². The highest BCUT2D eigenvalue weighted by atomic mass is 28.4. The zero-order chi connectivity index (χ0) is 42.9. The molecular weight excluding hydrogens is 731 g/mol. The van der Waals surface area contributed by atoms with Crippen molar-refractivity contribution in [1.29, 1.82) is 0 Å². The molecule has 4 atom stereocenters. The highest BCUT2D eigenvalue weighted by Crippen LogP contribution is 2.39. The van der Waals surface area contributed by atoms with Crippen LogP contribution in [0.25, 0.3) is 0 Å². The van der Waals surface area contributed by atoms with Gasteiger partial charge in [-0.15, -0.1) is 0 Å². The molecule has 4 amide bonds. The van der Waals surface area contributed by atoms with Crippen molar-refractivity contribution >= 4 is 32.1 Å². The van der Waals surface area contributed by atoms with Gasteiger partial charge in [0.25, 0.3) is 5.91 Å². The van der Waals surface area contributed by atoms with Gasteiger partial charge < -0.3 is 34.6 Å². The van der Waals surface area contributed by atoms with E-state index in [9.17, 15) is 19.2 Å². The SMILES string of the molecule is COCCCCOc1ccccc1C(=O)NC[C@@H](C[C@H](NC(=O)OC(C)(C)C)[C@H](C[C@H](C(=O)NCCC(=O)NN(C)C)C(C)C)O[Si](C)(C)C(C)(C)C)C(C)C. The van der Waals surface area contributed by atoms with Crippen molar-refractivity contribution in [3.05, 3.63) is 29.8 Å². The molecule has 0 saturated carbocycles. The van der Waals surface area contributed by atoms with Gasteiger partial charge in [0.1, 0.15) is 11.4 Å². The lowest BCUT2D eigenvalue weighted by molar-refractivity contribution is -0.128. The van der Waals surface area contributed by atoms with Gasteiger partial charge in [-0.05, 0) is 94.5 Å². The van der Waals surface area contributed by atoms with Crippen LogP contribution >= 0.6 is 0 Å². The first-order valence-corrected chi connectivity index (χ1v) is 23.2. The van der Waals surface area contributed by atoms with E-state index in [1.165, 1.54) is 0 Å². The summed E-state index contributed by atoms with van der Waals surface area (Å²) in [5.74, 6) is -0.627. The third-order valence-electron chi connectivity index (χ3n) is 10.2. The Hall–Kier alpha value is -3.20. The van der Waals surface area contributed by atoms with Crippen LogP contribution in [0.1, 0.15) is 112 Å². The van der Waals surface area contributed by atoms with Crippen molar-refractivity contribution in [2.24, 2.45) is 23.7 Å². The predicted octanol–water partition coefficient (Wildman–Crippen LogP) is 6.93. The quantitative estimate of drug-likeness (QED) is 0.0495. The highest BCUT2D eigenvalue weighted by Gasteiger charge is 2.43. The average molecular weight is 808 g/mol. The molecule has 1 aromatic carbocycles. The van der Waals surface area contributed by atoms with Gasteiger partial charge in [0.2, 0.25) is 11.8 Å². The molecule has 0 aromatic heterocycles. The van der Waals surface area contributed by atoms with Gasteiger partial charge in [0.15, 0.2) is 8.32 Å². The Morgan fingerprint density at radius 1 is 0.857 bits per heavy atom. The molecule has 0 spiro atoms. The first-order chi connectivity index (χ1) is 25.9. The lowest BCUT2D eigenvalue weighted by Gasteiger charge is -2.43. The van der Waals surface area contributed by atoms with Crippen molar-refractivity contribution < 1.29 is 37.8 Å². The van der Waals surface area contributed by atoms with E-state index in [2.05, 4.69) is 69.1 Å². The number of unbranched alkanes of at least 4 members (excludes halogenated alkanes) is 1. The van der Waals surface area contributed by atoms with Crippen molar-refractivity contribution in [3.63, 3.8) is 0 Å². The van der Waals surface area contributed by atoms with E-state index >= 15 is 0 Å². The number of ether oxygens (including phenoxy) is 3. The van der Waals surface area contributed by atoms with Gasteiger partial charge >= 0.3 is 6.09 Å². The molecule has 322 valence electrons. The largest absolute Gasteiger partial charge is 0.493 e. The fourth-order valence-electron chi connectivity index (χ4n) is 5.83. The van der Waals surface area contributed by atoms with Gasteiger partial charge in [-0.3, -0.25) is 19.8 Å². The second-order valence-electron chi connectivity index (χ2n) is 18.2. The predicted molar refractivity (Wildman–Crippen MR) is 226 cm³/mol. The zero-order valence-electron chi connectivity index (χ0n) is 37.4. The van der Waals surface area contributed by atoms with Crippen molar-refractivity contribution in [2.75, 3.05) is 47.5 Å². The van der Waals surface area contributed by atoms with Crippen molar-refractivity contribution in [2.45, 2.75) is 137 Å². The molecule has 1 aromatic rings. The Morgan fingerprint density at radius 3 is 2.04 bits per heavy atom. The summed E-state index contributed by atoms with van der Waals surface area (Å²) < 4.78 is 24.1. The minimum atomic E-state index is -2.48. The van der Waals surface area contributed by atoms with E-state index in [1.54, 1.807) is 38.3 Å². The number of carbonyl (C=O) groups is 4. The summed E-state index contributed by atoms with van der Waals surface area (Å²) in [7, 11) is 2.66. The summed E-state index contributed by atoms with van der Waals surface area (Å²) in [6, 6.07) is 6.66. The third kappa shape index (κ3) is 19.3. The van der Waals surface area contributed by atoms with E-state index < -0.39 is 38.1 Å². The summed E-state index contributed by atoms with van der Waals surface area (Å²) in [6.45, 7) is 26.1. The number of nitrogens with zero attached hydrogens (tertiary/aromatic N) is 1. The van der Waals surface area contributed by atoms with Crippen LogP contribution in [0.2, 0.25) is 18.1 Å². The minimum Gasteiger partial charge on any atom is -0.493 e. The average Bonchev–Trinajstić information content (AvgIpc) is 3.05. The minimum absolute atomic E-state index is 0.0688. The second-order valence-corrected chi connectivity index (χ2v) is 23.0. The molecule has 0 fully saturated rings. The number of rotatable bonds is 24. The fourth-order valence-corrected chi connectivity index (χ4v) is 7.20. The number of hydrogen-bond donors (Lipinski definition) is 4. The first kappa shape index (κ1) is 50.8. The molecule has 0 bridgehead atoms. The van der Waals surface area contributed by atoms with Crippen LogP contribution < -0.4 is 26.1 Å². The summed E-state index contributed by atoms with van der Waals surface area (Å²) in [6.07, 6.45) is 1.43. The van der Waals surface area contributed by atoms with E-state index in [1.807, 2.05) is 46.8 Å². The van der Waals surface area contributed by atoms with Gasteiger partial charge in [-0.2, -0.15) is 0 Å². The Labute approximate surface area is 339 Å². The number of para-hydroxylation sites is 1. The summed E-state index contributed by atoms with van der Waals surface area (Å²) in [4.78, 5) is 53.3. The topological polar surface area (TPSA) is 157 Å². The van der Waals surface area contributed by atoms with Crippen LogP contribution in [0, 0.1) is 23.7 Å². The number of carbonyl (C=O) groups excluding carboxylic acids is 4. The van der Waals surface area contributed by atoms with Crippen LogP contribution in [-0.2, 0) is 23.5 Å². The van der Waals surface area contributed by atoms with E-state index in [4.69, 9.17) is 18.6 Å². The van der Waals surface area contributed by atoms with Crippen LogP contribution in [0.15, 0.2) is 24.3 Å². The summed E-state index contributed by atoms with van der Waals surface area (Å²) in [5.41, 5.74) is 2.41. The standard InChI is InChI=1S/C42H77N5O8Si/c1-29(2)31(28-44-38(49)32-20-16-17-21-35(32)53-25-19-18-24-52-13)26-34(45-40(51)54-41(5,6)7)36(55-56(14,15)42(8,9)10)27-33(30(3)4)39(50)43-23-22-37(48)46-47(11)12/h16-17,20-21,29-31,33-34,36H,18-19,22-28H2,1-15H3,(H,43,50)(H,44,49)(H,45,51)(H,46,48)/t31-,33+,34+,36+/m1/s1. The second kappa shape index (κ2) is 23.9. The van der Waals surface area contributed by atoms with Gasteiger partial charge in [-0.1, -0.05) is 60.6 Å². The Balaban J connectivity index is 3.51. The lowest BCUT2D eigenvalue weighted by atomic mass is 9.82. The maximum atomic E-state index is 13.8. The van der Waals surface area contributed by atoms with Crippen LogP contribution in [-0.4, -0.2) is 102 Å². The van der Waals surface area contributed by atoms with Crippen molar-refractivity contribution in [1.82, 2.24) is 26.4 Å². The maximum absolute atomic E-state index is 13.8.